The smallest absolute Gasteiger partial charge is 0.248 e. The first-order chi connectivity index (χ1) is 11.5. The molecule has 1 aliphatic heterocycles. The Hall–Kier alpha value is -2.73. The molecule has 1 aliphatic rings. The zero-order valence-corrected chi connectivity index (χ0v) is 13.0. The molecular weight excluding hydrogens is 309 g/mol. The van der Waals surface area contributed by atoms with Crippen molar-refractivity contribution in [3.05, 3.63) is 71.0 Å². The van der Waals surface area contributed by atoms with Crippen molar-refractivity contribution in [2.75, 3.05) is 13.1 Å². The fourth-order valence-electron chi connectivity index (χ4n) is 2.93. The molecule has 0 aliphatic carbocycles. The van der Waals surface area contributed by atoms with E-state index in [1.165, 1.54) is 12.1 Å². The van der Waals surface area contributed by atoms with E-state index < -0.39 is 11.9 Å². The highest BCUT2D eigenvalue weighted by Crippen LogP contribution is 2.25. The van der Waals surface area contributed by atoms with Gasteiger partial charge in [-0.15, -0.1) is 0 Å². The molecule has 124 valence electrons. The number of hydrogen-bond acceptors (Lipinski definition) is 3. The second-order valence-electron chi connectivity index (χ2n) is 5.78. The minimum absolute atomic E-state index is 0.138. The topological polar surface area (TPSA) is 75.4 Å². The third-order valence-corrected chi connectivity index (χ3v) is 4.10. The van der Waals surface area contributed by atoms with Crippen LogP contribution in [0.4, 0.5) is 4.39 Å². The number of halogens is 1. The zero-order valence-electron chi connectivity index (χ0n) is 13.0. The SMILES string of the molecule is NC(=O)c1ccc(CN2CCNC(=O)[C@H]2c2cccc(F)c2)cc1. The Labute approximate surface area is 139 Å². The molecule has 0 bridgehead atoms. The lowest BCUT2D eigenvalue weighted by Crippen LogP contribution is -2.49. The fourth-order valence-corrected chi connectivity index (χ4v) is 2.93. The van der Waals surface area contributed by atoms with Gasteiger partial charge in [0, 0.05) is 25.2 Å². The van der Waals surface area contributed by atoms with Gasteiger partial charge in [0.25, 0.3) is 0 Å². The van der Waals surface area contributed by atoms with Crippen molar-refractivity contribution < 1.29 is 14.0 Å². The summed E-state index contributed by atoms with van der Waals surface area (Å²) in [6, 6.07) is 12.5. The van der Waals surface area contributed by atoms with Crippen LogP contribution in [0.5, 0.6) is 0 Å². The number of amides is 2. The van der Waals surface area contributed by atoms with Crippen molar-refractivity contribution in [2.45, 2.75) is 12.6 Å². The van der Waals surface area contributed by atoms with Gasteiger partial charge in [-0.1, -0.05) is 24.3 Å². The van der Waals surface area contributed by atoms with Crippen molar-refractivity contribution >= 4 is 11.8 Å². The van der Waals surface area contributed by atoms with Gasteiger partial charge in [0.05, 0.1) is 0 Å². The van der Waals surface area contributed by atoms with Crippen LogP contribution in [0.1, 0.15) is 27.5 Å². The Kier molecular flexibility index (Phi) is 4.57. The quantitative estimate of drug-likeness (QED) is 0.895. The molecule has 1 atom stereocenters. The molecule has 1 fully saturated rings. The number of carbonyl (C=O) groups excluding carboxylic acids is 2. The molecule has 5 nitrogen and oxygen atoms in total. The normalized spacial score (nSPS) is 18.2. The lowest BCUT2D eigenvalue weighted by Gasteiger charge is -2.35. The molecule has 0 spiro atoms. The summed E-state index contributed by atoms with van der Waals surface area (Å²) < 4.78 is 13.5. The van der Waals surface area contributed by atoms with Crippen LogP contribution in [-0.4, -0.2) is 29.8 Å². The first-order valence-corrected chi connectivity index (χ1v) is 7.70. The monoisotopic (exact) mass is 327 g/mol. The van der Waals surface area contributed by atoms with Crippen LogP contribution in [0, 0.1) is 5.82 Å². The number of hydrogen-bond donors (Lipinski definition) is 2. The molecule has 6 heteroatoms. The predicted octanol–water partition coefficient (Wildman–Crippen LogP) is 1.60. The van der Waals surface area contributed by atoms with Crippen LogP contribution >= 0.6 is 0 Å². The van der Waals surface area contributed by atoms with Gasteiger partial charge >= 0.3 is 0 Å². The molecule has 0 unspecified atom stereocenters. The number of rotatable bonds is 4. The van der Waals surface area contributed by atoms with Crippen LogP contribution in [0.25, 0.3) is 0 Å². The maximum Gasteiger partial charge on any atom is 0.248 e. The molecule has 3 rings (SSSR count). The van der Waals surface area contributed by atoms with E-state index in [4.69, 9.17) is 5.73 Å². The second-order valence-corrected chi connectivity index (χ2v) is 5.78. The van der Waals surface area contributed by atoms with Gasteiger partial charge in [0.1, 0.15) is 11.9 Å². The van der Waals surface area contributed by atoms with Crippen molar-refractivity contribution in [3.63, 3.8) is 0 Å². The number of primary amides is 1. The molecule has 24 heavy (non-hydrogen) atoms. The highest BCUT2D eigenvalue weighted by Gasteiger charge is 2.31. The van der Waals surface area contributed by atoms with E-state index in [1.807, 2.05) is 17.0 Å². The predicted molar refractivity (Wildman–Crippen MR) is 87.5 cm³/mol. The van der Waals surface area contributed by atoms with E-state index >= 15 is 0 Å². The van der Waals surface area contributed by atoms with E-state index in [0.29, 0.717) is 30.8 Å². The summed E-state index contributed by atoms with van der Waals surface area (Å²) in [5, 5.41) is 2.83. The van der Waals surface area contributed by atoms with Crippen molar-refractivity contribution in [2.24, 2.45) is 5.73 Å². The van der Waals surface area contributed by atoms with Crippen molar-refractivity contribution in [1.82, 2.24) is 10.2 Å². The number of nitrogens with zero attached hydrogens (tertiary/aromatic N) is 1. The van der Waals surface area contributed by atoms with Gasteiger partial charge in [-0.2, -0.15) is 0 Å². The second kappa shape index (κ2) is 6.80. The summed E-state index contributed by atoms with van der Waals surface area (Å²) >= 11 is 0. The maximum absolute atomic E-state index is 13.5. The summed E-state index contributed by atoms with van der Waals surface area (Å²) in [6.45, 7) is 1.72. The minimum atomic E-state index is -0.537. The summed E-state index contributed by atoms with van der Waals surface area (Å²) in [5.41, 5.74) is 7.26. The number of nitrogens with two attached hydrogens (primary N) is 1. The fraction of sp³-hybridized carbons (Fsp3) is 0.222. The minimum Gasteiger partial charge on any atom is -0.366 e. The van der Waals surface area contributed by atoms with Crippen LogP contribution in [0.2, 0.25) is 0 Å². The first-order valence-electron chi connectivity index (χ1n) is 7.70. The van der Waals surface area contributed by atoms with Crippen molar-refractivity contribution in [1.29, 1.82) is 0 Å². The molecule has 2 aromatic carbocycles. The van der Waals surface area contributed by atoms with Crippen LogP contribution in [0.3, 0.4) is 0 Å². The molecule has 3 N–H and O–H groups in total. The van der Waals surface area contributed by atoms with Gasteiger partial charge in [-0.3, -0.25) is 14.5 Å². The number of nitrogens with one attached hydrogen (secondary N) is 1. The third kappa shape index (κ3) is 3.44. The molecule has 0 saturated carbocycles. The molecular formula is C18H18FN3O2. The Morgan fingerprint density at radius 2 is 2.00 bits per heavy atom. The Balaban J connectivity index is 1.84. The highest BCUT2D eigenvalue weighted by molar-refractivity contribution is 5.92. The van der Waals surface area contributed by atoms with Crippen LogP contribution in [0.15, 0.2) is 48.5 Å². The summed E-state index contributed by atoms with van der Waals surface area (Å²) in [5.74, 6) is -0.978. The average Bonchev–Trinajstić information content (AvgIpc) is 2.55. The van der Waals surface area contributed by atoms with Gasteiger partial charge in [0.15, 0.2) is 0 Å². The Bertz CT molecular complexity index is 761. The van der Waals surface area contributed by atoms with E-state index in [-0.39, 0.29) is 11.7 Å². The van der Waals surface area contributed by atoms with E-state index in [1.54, 1.807) is 24.3 Å². The number of piperazine rings is 1. The van der Waals surface area contributed by atoms with E-state index in [9.17, 15) is 14.0 Å². The van der Waals surface area contributed by atoms with Crippen LogP contribution in [-0.2, 0) is 11.3 Å². The van der Waals surface area contributed by atoms with E-state index in [0.717, 1.165) is 5.56 Å². The number of benzene rings is 2. The molecule has 2 amide bonds. The number of carbonyl (C=O) groups is 2. The Morgan fingerprint density at radius 3 is 2.67 bits per heavy atom. The largest absolute Gasteiger partial charge is 0.366 e. The summed E-state index contributed by atoms with van der Waals surface area (Å²) in [6.07, 6.45) is 0. The standard InChI is InChI=1S/C18H18FN3O2/c19-15-3-1-2-14(10-15)16-18(24)21-8-9-22(16)11-12-4-6-13(7-5-12)17(20)23/h1-7,10,16H,8-9,11H2,(H2,20,23)(H,21,24)/t16-/m1/s1. The summed E-state index contributed by atoms with van der Waals surface area (Å²) in [7, 11) is 0. The van der Waals surface area contributed by atoms with Crippen LogP contribution < -0.4 is 11.1 Å². The van der Waals surface area contributed by atoms with Gasteiger partial charge in [0.2, 0.25) is 11.8 Å². The van der Waals surface area contributed by atoms with Gasteiger partial charge in [-0.05, 0) is 35.4 Å². The highest BCUT2D eigenvalue weighted by atomic mass is 19.1. The van der Waals surface area contributed by atoms with Gasteiger partial charge < -0.3 is 11.1 Å². The molecule has 0 aromatic heterocycles. The first kappa shape index (κ1) is 16.1. The van der Waals surface area contributed by atoms with Gasteiger partial charge in [-0.25, -0.2) is 4.39 Å². The average molecular weight is 327 g/mol. The zero-order chi connectivity index (χ0) is 17.1. The van der Waals surface area contributed by atoms with E-state index in [2.05, 4.69) is 5.32 Å². The molecule has 2 aromatic rings. The lowest BCUT2D eigenvalue weighted by molar-refractivity contribution is -0.129. The summed E-state index contributed by atoms with van der Waals surface area (Å²) in [4.78, 5) is 25.4. The molecule has 1 heterocycles. The Morgan fingerprint density at radius 1 is 1.25 bits per heavy atom. The maximum atomic E-state index is 13.5. The molecule has 0 radical (unpaired) electrons. The lowest BCUT2D eigenvalue weighted by atomic mass is 10.0. The van der Waals surface area contributed by atoms with Crippen molar-refractivity contribution in [3.8, 4) is 0 Å². The third-order valence-electron chi connectivity index (χ3n) is 4.10. The molecule has 1 saturated heterocycles.